The monoisotopic (exact) mass is 551 g/mol. The van der Waals surface area contributed by atoms with Gasteiger partial charge in [-0.05, 0) is 55.3 Å². The minimum Gasteiger partial charge on any atom is -0.494 e. The highest BCUT2D eigenvalue weighted by atomic mass is 32.2. The fourth-order valence-electron chi connectivity index (χ4n) is 4.26. The molecule has 2 aromatic heterocycles. The van der Waals surface area contributed by atoms with Crippen LogP contribution in [-0.2, 0) is 16.3 Å². The van der Waals surface area contributed by atoms with Crippen LogP contribution in [-0.4, -0.2) is 41.9 Å². The number of hydrogen-bond acceptors (Lipinski definition) is 8. The largest absolute Gasteiger partial charge is 0.494 e. The number of rotatable bonds is 9. The van der Waals surface area contributed by atoms with Crippen molar-refractivity contribution in [3.8, 4) is 28.8 Å². The van der Waals surface area contributed by atoms with Crippen LogP contribution in [0.25, 0.3) is 11.4 Å². The van der Waals surface area contributed by atoms with Gasteiger partial charge in [-0.2, -0.15) is 4.98 Å². The molecular formula is C28H29N3O7S. The molecule has 0 unspecified atom stereocenters. The minimum atomic E-state index is -4.54. The molecule has 0 saturated heterocycles. The molecule has 0 fully saturated rings. The Bertz CT molecular complexity index is 1720. The molecule has 39 heavy (non-hydrogen) atoms. The molecule has 0 spiro atoms. The smallest absolute Gasteiger partial charge is 0.281 e. The van der Waals surface area contributed by atoms with E-state index in [0.717, 1.165) is 16.6 Å². The van der Waals surface area contributed by atoms with Gasteiger partial charge in [0.05, 0.1) is 19.1 Å². The second kappa shape index (κ2) is 11.2. The van der Waals surface area contributed by atoms with Crippen LogP contribution in [0.2, 0.25) is 0 Å². The van der Waals surface area contributed by atoms with Crippen LogP contribution in [0.4, 0.5) is 0 Å². The number of nitrogens with zero attached hydrogens (tertiary/aromatic N) is 3. The third kappa shape index (κ3) is 5.17. The maximum absolute atomic E-state index is 13.9. The van der Waals surface area contributed by atoms with Crippen molar-refractivity contribution in [3.05, 3.63) is 92.9 Å². The summed E-state index contributed by atoms with van der Waals surface area (Å²) in [6, 6.07) is 13.4. The van der Waals surface area contributed by atoms with Gasteiger partial charge in [0, 0.05) is 24.4 Å². The Hall–Kier alpha value is -4.38. The van der Waals surface area contributed by atoms with E-state index in [2.05, 4.69) is 4.98 Å². The quantitative estimate of drug-likeness (QED) is 0.334. The molecule has 10 nitrogen and oxygen atoms in total. The third-order valence-electron chi connectivity index (χ3n) is 6.23. The number of para-hydroxylation sites is 1. The molecule has 4 aromatic rings. The Balaban J connectivity index is 1.94. The van der Waals surface area contributed by atoms with E-state index < -0.39 is 26.2 Å². The number of aromatic hydroxyl groups is 1. The van der Waals surface area contributed by atoms with Gasteiger partial charge in [0.25, 0.3) is 11.1 Å². The molecule has 0 saturated carbocycles. The number of aromatic nitrogens is 3. The van der Waals surface area contributed by atoms with E-state index in [9.17, 15) is 23.1 Å². The predicted molar refractivity (Wildman–Crippen MR) is 145 cm³/mol. The number of sulfone groups is 1. The van der Waals surface area contributed by atoms with Crippen LogP contribution in [0, 0.1) is 6.92 Å². The Morgan fingerprint density at radius 2 is 1.59 bits per heavy atom. The lowest BCUT2D eigenvalue weighted by Gasteiger charge is -2.19. The number of ether oxygens (including phenoxy) is 2. The lowest BCUT2D eigenvalue weighted by molar-refractivity contribution is 0.386. The van der Waals surface area contributed by atoms with Crippen LogP contribution in [0.15, 0.2) is 80.2 Å². The van der Waals surface area contributed by atoms with Gasteiger partial charge >= 0.3 is 0 Å². The summed E-state index contributed by atoms with van der Waals surface area (Å²) < 4.78 is 40.9. The molecule has 0 amide bonds. The van der Waals surface area contributed by atoms with Crippen LogP contribution < -0.4 is 20.6 Å². The number of hydrogen-bond donors (Lipinski definition) is 1. The van der Waals surface area contributed by atoms with Crippen LogP contribution in [0.1, 0.15) is 31.2 Å². The first-order valence-electron chi connectivity index (χ1n) is 12.2. The maximum Gasteiger partial charge on any atom is 0.281 e. The summed E-state index contributed by atoms with van der Waals surface area (Å²) in [5.41, 5.74) is 0.190. The zero-order valence-corrected chi connectivity index (χ0v) is 22.9. The fourth-order valence-corrected chi connectivity index (χ4v) is 5.59. The van der Waals surface area contributed by atoms with Gasteiger partial charge < -0.3 is 14.6 Å². The van der Waals surface area contributed by atoms with Crippen molar-refractivity contribution < 1.29 is 23.0 Å². The molecule has 0 bridgehead atoms. The van der Waals surface area contributed by atoms with Gasteiger partial charge in [0.2, 0.25) is 15.7 Å². The van der Waals surface area contributed by atoms with Crippen molar-refractivity contribution in [3.63, 3.8) is 0 Å². The first kappa shape index (κ1) is 27.6. The summed E-state index contributed by atoms with van der Waals surface area (Å²) in [5, 5.41) is 10.8. The van der Waals surface area contributed by atoms with E-state index in [1.807, 2.05) is 13.8 Å². The van der Waals surface area contributed by atoms with E-state index >= 15 is 0 Å². The summed E-state index contributed by atoms with van der Waals surface area (Å²) in [6.07, 6.45) is 3.34. The van der Waals surface area contributed by atoms with Gasteiger partial charge in [-0.1, -0.05) is 25.5 Å². The molecule has 11 heteroatoms. The lowest BCUT2D eigenvalue weighted by Crippen LogP contribution is -2.30. The van der Waals surface area contributed by atoms with Crippen molar-refractivity contribution >= 4 is 9.84 Å². The molecule has 4 rings (SSSR count). The number of benzene rings is 2. The first-order chi connectivity index (χ1) is 18.6. The molecule has 204 valence electrons. The first-order valence-corrected chi connectivity index (χ1v) is 13.7. The van der Waals surface area contributed by atoms with Crippen LogP contribution in [0.3, 0.4) is 0 Å². The summed E-state index contributed by atoms with van der Waals surface area (Å²) in [5.74, 6) is -0.207. The molecule has 0 aliphatic rings. The molecule has 2 heterocycles. The highest BCUT2D eigenvalue weighted by molar-refractivity contribution is 7.91. The van der Waals surface area contributed by atoms with Gasteiger partial charge in [-0.25, -0.2) is 8.42 Å². The second-order valence-electron chi connectivity index (χ2n) is 8.85. The standard InChI is InChI=1S/C28H29N3O7S/c1-5-6-10-23-29-27(33)26(28(34)31(23)25-21(37-3)8-7-9-22(25)38-4)39(35,36)20-14-12-19(13-15-20)30-17-18(2)11-16-24(30)32/h7-9,11-17,33H,5-6,10H2,1-4H3. The summed E-state index contributed by atoms with van der Waals surface area (Å²) in [6.45, 7) is 3.79. The van der Waals surface area contributed by atoms with Crippen molar-refractivity contribution in [2.24, 2.45) is 0 Å². The van der Waals surface area contributed by atoms with Crippen molar-refractivity contribution in [1.82, 2.24) is 14.1 Å². The van der Waals surface area contributed by atoms with Gasteiger partial charge in [-0.3, -0.25) is 18.7 Å². The normalized spacial score (nSPS) is 11.4. The number of aryl methyl sites for hydroxylation is 2. The van der Waals surface area contributed by atoms with Gasteiger partial charge in [0.1, 0.15) is 23.0 Å². The molecule has 2 aromatic carbocycles. The van der Waals surface area contributed by atoms with Gasteiger partial charge in [-0.15, -0.1) is 0 Å². The van der Waals surface area contributed by atoms with E-state index in [4.69, 9.17) is 9.47 Å². The molecule has 0 atom stereocenters. The summed E-state index contributed by atoms with van der Waals surface area (Å²) in [4.78, 5) is 29.2. The fraction of sp³-hybridized carbons (Fsp3) is 0.250. The topological polar surface area (TPSA) is 130 Å². The molecule has 1 N–H and O–H groups in total. The van der Waals surface area contributed by atoms with E-state index in [-0.39, 0.29) is 33.5 Å². The van der Waals surface area contributed by atoms with Crippen molar-refractivity contribution in [2.45, 2.75) is 42.9 Å². The van der Waals surface area contributed by atoms with Crippen LogP contribution >= 0.6 is 0 Å². The lowest BCUT2D eigenvalue weighted by atomic mass is 10.2. The van der Waals surface area contributed by atoms with E-state index in [1.54, 1.807) is 30.5 Å². The second-order valence-corrected chi connectivity index (χ2v) is 10.7. The zero-order chi connectivity index (χ0) is 28.3. The third-order valence-corrected chi connectivity index (χ3v) is 8.01. The molecule has 0 radical (unpaired) electrons. The maximum atomic E-state index is 13.9. The minimum absolute atomic E-state index is 0.162. The SMILES string of the molecule is CCCCc1nc(O)c(S(=O)(=O)c2ccc(-n3cc(C)ccc3=O)cc2)c(=O)n1-c1c(OC)cccc1OC. The van der Waals surface area contributed by atoms with E-state index in [0.29, 0.717) is 18.5 Å². The molecule has 0 aliphatic heterocycles. The van der Waals surface area contributed by atoms with Crippen molar-refractivity contribution in [1.29, 1.82) is 0 Å². The Morgan fingerprint density at radius 1 is 0.949 bits per heavy atom. The zero-order valence-electron chi connectivity index (χ0n) is 22.0. The predicted octanol–water partition coefficient (Wildman–Crippen LogP) is 3.59. The number of pyridine rings is 1. The number of unbranched alkanes of at least 4 members (excludes halogenated alkanes) is 1. The summed E-state index contributed by atoms with van der Waals surface area (Å²) >= 11 is 0. The van der Waals surface area contributed by atoms with Gasteiger partial charge in [0.15, 0.2) is 4.90 Å². The average Bonchev–Trinajstić information content (AvgIpc) is 2.92. The van der Waals surface area contributed by atoms with Crippen LogP contribution in [0.5, 0.6) is 17.4 Å². The highest BCUT2D eigenvalue weighted by Gasteiger charge is 2.31. The van der Waals surface area contributed by atoms with Crippen molar-refractivity contribution in [2.75, 3.05) is 14.2 Å². The average molecular weight is 552 g/mol. The molecule has 0 aliphatic carbocycles. The summed E-state index contributed by atoms with van der Waals surface area (Å²) in [7, 11) is -1.70. The Labute approximate surface area is 225 Å². The Kier molecular flexibility index (Phi) is 7.91. The Morgan fingerprint density at radius 3 is 2.18 bits per heavy atom. The van der Waals surface area contributed by atoms with E-state index in [1.165, 1.54) is 49.1 Å². The molecular weight excluding hydrogens is 522 g/mol. The highest BCUT2D eigenvalue weighted by Crippen LogP contribution is 2.34. The number of methoxy groups -OCH3 is 2.